The summed E-state index contributed by atoms with van der Waals surface area (Å²) >= 11 is 0. The lowest BCUT2D eigenvalue weighted by Gasteiger charge is -2.15. The van der Waals surface area contributed by atoms with Crippen LogP contribution < -0.4 is 11.1 Å². The van der Waals surface area contributed by atoms with Crippen molar-refractivity contribution < 1.29 is 9.53 Å². The van der Waals surface area contributed by atoms with E-state index in [1.54, 1.807) is 0 Å². The van der Waals surface area contributed by atoms with Gasteiger partial charge in [0.1, 0.15) is 0 Å². The van der Waals surface area contributed by atoms with E-state index in [-0.39, 0.29) is 5.91 Å². The SMILES string of the molecule is CCOCc1ccccc1CNC(=O)[C@@H](N)CC(C)C. The van der Waals surface area contributed by atoms with E-state index in [0.717, 1.165) is 11.1 Å². The molecule has 0 saturated heterocycles. The van der Waals surface area contributed by atoms with Crippen LogP contribution in [0.3, 0.4) is 0 Å². The first-order chi connectivity index (χ1) is 9.54. The van der Waals surface area contributed by atoms with E-state index < -0.39 is 6.04 Å². The van der Waals surface area contributed by atoms with Gasteiger partial charge in [0.15, 0.2) is 0 Å². The Hall–Kier alpha value is -1.39. The molecule has 0 aliphatic rings. The number of nitrogens with one attached hydrogen (secondary N) is 1. The number of benzene rings is 1. The van der Waals surface area contributed by atoms with Crippen molar-refractivity contribution in [3.8, 4) is 0 Å². The van der Waals surface area contributed by atoms with Crippen LogP contribution in [-0.2, 0) is 22.7 Å². The van der Waals surface area contributed by atoms with Crippen molar-refractivity contribution in [2.45, 2.75) is 46.4 Å². The van der Waals surface area contributed by atoms with Crippen molar-refractivity contribution in [1.29, 1.82) is 0 Å². The summed E-state index contributed by atoms with van der Waals surface area (Å²) in [4.78, 5) is 11.9. The third-order valence-electron chi connectivity index (χ3n) is 3.10. The molecule has 0 radical (unpaired) electrons. The van der Waals surface area contributed by atoms with E-state index in [1.165, 1.54) is 0 Å². The molecular weight excluding hydrogens is 252 g/mol. The molecule has 0 saturated carbocycles. The second-order valence-electron chi connectivity index (χ2n) is 5.36. The van der Waals surface area contributed by atoms with Crippen LogP contribution in [0.2, 0.25) is 0 Å². The molecular formula is C16H26N2O2. The molecule has 3 N–H and O–H groups in total. The zero-order chi connectivity index (χ0) is 15.0. The van der Waals surface area contributed by atoms with E-state index in [2.05, 4.69) is 19.2 Å². The predicted molar refractivity (Wildman–Crippen MR) is 81.0 cm³/mol. The first-order valence-electron chi connectivity index (χ1n) is 7.22. The second kappa shape index (κ2) is 8.72. The fourth-order valence-electron chi connectivity index (χ4n) is 2.01. The molecule has 0 unspecified atom stereocenters. The molecule has 1 atom stereocenters. The molecule has 0 aromatic heterocycles. The summed E-state index contributed by atoms with van der Waals surface area (Å²) in [5.41, 5.74) is 8.04. The molecule has 4 heteroatoms. The van der Waals surface area contributed by atoms with Gasteiger partial charge in [0.2, 0.25) is 5.91 Å². The Balaban J connectivity index is 2.54. The largest absolute Gasteiger partial charge is 0.377 e. The molecule has 0 heterocycles. The maximum absolute atomic E-state index is 11.9. The van der Waals surface area contributed by atoms with Crippen molar-refractivity contribution in [3.63, 3.8) is 0 Å². The third kappa shape index (κ3) is 5.72. The molecule has 0 spiro atoms. The van der Waals surface area contributed by atoms with Crippen molar-refractivity contribution in [3.05, 3.63) is 35.4 Å². The quantitative estimate of drug-likeness (QED) is 0.766. The molecule has 1 amide bonds. The van der Waals surface area contributed by atoms with Crippen molar-refractivity contribution in [2.75, 3.05) is 6.61 Å². The normalized spacial score (nSPS) is 12.4. The number of rotatable bonds is 8. The van der Waals surface area contributed by atoms with E-state index in [9.17, 15) is 4.79 Å². The molecule has 4 nitrogen and oxygen atoms in total. The van der Waals surface area contributed by atoms with Gasteiger partial charge in [-0.05, 0) is 30.4 Å². The summed E-state index contributed by atoms with van der Waals surface area (Å²) in [6.07, 6.45) is 0.701. The van der Waals surface area contributed by atoms with Gasteiger partial charge in [0.25, 0.3) is 0 Å². The minimum atomic E-state index is -0.436. The van der Waals surface area contributed by atoms with Gasteiger partial charge in [-0.15, -0.1) is 0 Å². The van der Waals surface area contributed by atoms with Crippen LogP contribution in [-0.4, -0.2) is 18.6 Å². The second-order valence-corrected chi connectivity index (χ2v) is 5.36. The first kappa shape index (κ1) is 16.7. The number of carbonyl (C=O) groups excluding carboxylic acids is 1. The minimum absolute atomic E-state index is 0.0927. The van der Waals surface area contributed by atoms with Crippen LogP contribution in [0.25, 0.3) is 0 Å². The van der Waals surface area contributed by atoms with Crippen LogP contribution >= 0.6 is 0 Å². The molecule has 1 rings (SSSR count). The van der Waals surface area contributed by atoms with Gasteiger partial charge >= 0.3 is 0 Å². The summed E-state index contributed by atoms with van der Waals surface area (Å²) in [5.74, 6) is 0.325. The summed E-state index contributed by atoms with van der Waals surface area (Å²) in [7, 11) is 0. The van der Waals surface area contributed by atoms with Crippen LogP contribution in [0, 0.1) is 5.92 Å². The lowest BCUT2D eigenvalue weighted by molar-refractivity contribution is -0.122. The molecule has 1 aromatic carbocycles. The molecule has 1 aromatic rings. The van der Waals surface area contributed by atoms with Gasteiger partial charge in [0, 0.05) is 13.2 Å². The maximum Gasteiger partial charge on any atom is 0.237 e. The molecule has 0 fully saturated rings. The number of hydrogen-bond donors (Lipinski definition) is 2. The van der Waals surface area contributed by atoms with E-state index in [4.69, 9.17) is 10.5 Å². The predicted octanol–water partition coefficient (Wildman–Crippen LogP) is 2.21. The Kier molecular flexibility index (Phi) is 7.26. The van der Waals surface area contributed by atoms with E-state index >= 15 is 0 Å². The van der Waals surface area contributed by atoms with Crippen LogP contribution in [0.15, 0.2) is 24.3 Å². The van der Waals surface area contributed by atoms with Crippen LogP contribution in [0.4, 0.5) is 0 Å². The molecule has 0 aliphatic carbocycles. The zero-order valence-electron chi connectivity index (χ0n) is 12.7. The Labute approximate surface area is 121 Å². The fourth-order valence-corrected chi connectivity index (χ4v) is 2.01. The van der Waals surface area contributed by atoms with Crippen molar-refractivity contribution in [1.82, 2.24) is 5.32 Å². The molecule has 112 valence electrons. The molecule has 0 bridgehead atoms. The molecule has 0 aliphatic heterocycles. The highest BCUT2D eigenvalue weighted by molar-refractivity contribution is 5.81. The lowest BCUT2D eigenvalue weighted by atomic mass is 10.0. The lowest BCUT2D eigenvalue weighted by Crippen LogP contribution is -2.41. The zero-order valence-corrected chi connectivity index (χ0v) is 12.7. The number of ether oxygens (including phenoxy) is 1. The van der Waals surface area contributed by atoms with E-state index in [1.807, 2.05) is 31.2 Å². The standard InChI is InChI=1S/C16H26N2O2/c1-4-20-11-14-8-6-5-7-13(14)10-18-16(19)15(17)9-12(2)3/h5-8,12,15H,4,9-11,17H2,1-3H3,(H,18,19)/t15-/m0/s1. The van der Waals surface area contributed by atoms with Crippen molar-refractivity contribution in [2.24, 2.45) is 11.7 Å². The minimum Gasteiger partial charge on any atom is -0.377 e. The van der Waals surface area contributed by atoms with Gasteiger partial charge in [-0.2, -0.15) is 0 Å². The summed E-state index contributed by atoms with van der Waals surface area (Å²) in [6.45, 7) is 7.83. The van der Waals surface area contributed by atoms with E-state index in [0.29, 0.717) is 32.1 Å². The summed E-state index contributed by atoms with van der Waals surface area (Å²) in [6, 6.07) is 7.53. The smallest absolute Gasteiger partial charge is 0.237 e. The highest BCUT2D eigenvalue weighted by atomic mass is 16.5. The maximum atomic E-state index is 11.9. The first-order valence-corrected chi connectivity index (χ1v) is 7.22. The van der Waals surface area contributed by atoms with Crippen molar-refractivity contribution >= 4 is 5.91 Å². The van der Waals surface area contributed by atoms with Gasteiger partial charge in [-0.3, -0.25) is 4.79 Å². The monoisotopic (exact) mass is 278 g/mol. The Morgan fingerprint density at radius 3 is 2.55 bits per heavy atom. The van der Waals surface area contributed by atoms with Gasteiger partial charge in [0.05, 0.1) is 12.6 Å². The highest BCUT2D eigenvalue weighted by Crippen LogP contribution is 2.10. The Morgan fingerprint density at radius 2 is 1.95 bits per heavy atom. The Bertz CT molecular complexity index is 419. The number of nitrogens with two attached hydrogens (primary N) is 1. The van der Waals surface area contributed by atoms with Gasteiger partial charge in [-0.1, -0.05) is 38.1 Å². The number of hydrogen-bond acceptors (Lipinski definition) is 3. The van der Waals surface area contributed by atoms with Crippen LogP contribution in [0.1, 0.15) is 38.3 Å². The van der Waals surface area contributed by atoms with Crippen LogP contribution in [0.5, 0.6) is 0 Å². The Morgan fingerprint density at radius 1 is 1.30 bits per heavy atom. The number of carbonyl (C=O) groups is 1. The fraction of sp³-hybridized carbons (Fsp3) is 0.562. The van der Waals surface area contributed by atoms with Gasteiger partial charge in [-0.25, -0.2) is 0 Å². The average molecular weight is 278 g/mol. The average Bonchev–Trinajstić information content (AvgIpc) is 2.42. The highest BCUT2D eigenvalue weighted by Gasteiger charge is 2.14. The molecule has 20 heavy (non-hydrogen) atoms. The topological polar surface area (TPSA) is 64.3 Å². The summed E-state index contributed by atoms with van der Waals surface area (Å²) in [5, 5.41) is 2.90. The summed E-state index contributed by atoms with van der Waals surface area (Å²) < 4.78 is 5.43. The van der Waals surface area contributed by atoms with Gasteiger partial charge < -0.3 is 15.8 Å². The third-order valence-corrected chi connectivity index (χ3v) is 3.10. The number of amides is 1.